The number of nitrogens with zero attached hydrogens (tertiary/aromatic N) is 3. The molecule has 0 atom stereocenters. The van der Waals surface area contributed by atoms with Gasteiger partial charge in [-0.25, -0.2) is 8.42 Å². The van der Waals surface area contributed by atoms with Gasteiger partial charge in [-0.15, -0.1) is 0 Å². The lowest BCUT2D eigenvalue weighted by Gasteiger charge is -2.30. The van der Waals surface area contributed by atoms with Gasteiger partial charge in [-0.2, -0.15) is 4.31 Å². The Bertz CT molecular complexity index is 1350. The van der Waals surface area contributed by atoms with Crippen molar-refractivity contribution in [1.29, 1.82) is 0 Å². The first-order valence-electron chi connectivity index (χ1n) is 12.1. The summed E-state index contributed by atoms with van der Waals surface area (Å²) in [6.45, 7) is 8.61. The van der Waals surface area contributed by atoms with Crippen molar-refractivity contribution in [2.75, 3.05) is 13.1 Å². The van der Waals surface area contributed by atoms with Crippen molar-refractivity contribution >= 4 is 28.1 Å². The van der Waals surface area contributed by atoms with E-state index in [9.17, 15) is 13.2 Å². The molecule has 8 nitrogen and oxygen atoms in total. The molecule has 36 heavy (non-hydrogen) atoms. The van der Waals surface area contributed by atoms with Crippen molar-refractivity contribution in [3.05, 3.63) is 75.9 Å². The molecule has 1 fully saturated rings. The summed E-state index contributed by atoms with van der Waals surface area (Å²) < 4.78 is 33.9. The second-order valence-electron chi connectivity index (χ2n) is 9.32. The van der Waals surface area contributed by atoms with Crippen molar-refractivity contribution in [1.82, 2.24) is 19.8 Å². The van der Waals surface area contributed by atoms with Gasteiger partial charge in [-0.1, -0.05) is 35.0 Å². The molecule has 190 valence electrons. The molecule has 1 aliphatic heterocycles. The van der Waals surface area contributed by atoms with E-state index in [-0.39, 0.29) is 35.6 Å². The fourth-order valence-electron chi connectivity index (χ4n) is 4.72. The summed E-state index contributed by atoms with van der Waals surface area (Å²) in [5, 5.41) is 6.85. The average molecular weight is 509 g/mol. The maximum absolute atomic E-state index is 13.6. The van der Waals surface area contributed by atoms with E-state index in [1.807, 2.05) is 45.0 Å². The van der Waals surface area contributed by atoms with E-state index < -0.39 is 10.0 Å². The van der Waals surface area contributed by atoms with Gasteiger partial charge in [0, 0.05) is 25.2 Å². The first kappa shape index (κ1) is 25.8. The quantitative estimate of drug-likeness (QED) is 0.513. The van der Waals surface area contributed by atoms with Gasteiger partial charge in [0.2, 0.25) is 15.9 Å². The number of hydrogen-bond acceptors (Lipinski definition) is 6. The number of rotatable bonds is 7. The summed E-state index contributed by atoms with van der Waals surface area (Å²) >= 11 is 0. The molecule has 1 saturated heterocycles. The molecule has 1 N–H and O–H groups in total. The molecule has 4 rings (SSSR count). The van der Waals surface area contributed by atoms with E-state index in [4.69, 9.17) is 4.52 Å². The Morgan fingerprint density at radius 3 is 2.44 bits per heavy atom. The normalized spacial score (nSPS) is 15.4. The Balaban J connectivity index is 1.45. The van der Waals surface area contributed by atoms with Gasteiger partial charge in [0.25, 0.3) is 0 Å². The highest BCUT2D eigenvalue weighted by atomic mass is 32.2. The van der Waals surface area contributed by atoms with E-state index in [0.29, 0.717) is 25.1 Å². The van der Waals surface area contributed by atoms with Crippen LogP contribution in [0.2, 0.25) is 0 Å². The summed E-state index contributed by atoms with van der Waals surface area (Å²) in [4.78, 5) is 16.9. The number of piperidine rings is 1. The van der Waals surface area contributed by atoms with Gasteiger partial charge >= 0.3 is 0 Å². The molecule has 0 radical (unpaired) electrons. The van der Waals surface area contributed by atoms with Crippen molar-refractivity contribution < 1.29 is 17.7 Å². The number of amides is 1. The standard InChI is InChI=1S/C27H32N4O4S/c1-18-15-19(2)24(20(3)16-18)8-9-25-26(21(4)30-35-25)36(33,34)31-13-10-22(11-14-31)27(32)29-17-23-7-5-6-12-28-23/h5-9,12,15-16,22H,10-11,13-14,17H2,1-4H3,(H,29,32)/b9-8+. The van der Waals surface area contributed by atoms with Gasteiger partial charge in [-0.05, 0) is 75.4 Å². The number of benzene rings is 1. The molecule has 0 unspecified atom stereocenters. The van der Waals surface area contributed by atoms with Crippen molar-refractivity contribution in [3.8, 4) is 0 Å². The summed E-state index contributed by atoms with van der Waals surface area (Å²) in [7, 11) is -3.83. The third-order valence-corrected chi connectivity index (χ3v) is 8.62. The minimum absolute atomic E-state index is 0.0775. The minimum Gasteiger partial charge on any atom is -0.355 e. The van der Waals surface area contributed by atoms with E-state index in [1.54, 1.807) is 19.2 Å². The number of aryl methyl sites for hydroxylation is 4. The number of hydrogen-bond donors (Lipinski definition) is 1. The lowest BCUT2D eigenvalue weighted by atomic mass is 9.97. The molecule has 0 bridgehead atoms. The van der Waals surface area contributed by atoms with E-state index in [2.05, 4.69) is 27.6 Å². The molecule has 9 heteroatoms. The Kier molecular flexibility index (Phi) is 7.70. The number of carbonyl (C=O) groups is 1. The number of aromatic nitrogens is 2. The maximum atomic E-state index is 13.6. The molecule has 0 aliphatic carbocycles. The van der Waals surface area contributed by atoms with Crippen LogP contribution in [0.1, 0.15) is 52.2 Å². The highest BCUT2D eigenvalue weighted by Crippen LogP contribution is 2.30. The van der Waals surface area contributed by atoms with Crippen LogP contribution in [0.15, 0.2) is 45.9 Å². The Labute approximate surface area is 212 Å². The predicted molar refractivity (Wildman–Crippen MR) is 138 cm³/mol. The largest absolute Gasteiger partial charge is 0.355 e. The lowest BCUT2D eigenvalue weighted by Crippen LogP contribution is -2.43. The van der Waals surface area contributed by atoms with Crippen LogP contribution < -0.4 is 5.32 Å². The van der Waals surface area contributed by atoms with Gasteiger partial charge in [-0.3, -0.25) is 9.78 Å². The topological polar surface area (TPSA) is 105 Å². The fourth-order valence-corrected chi connectivity index (χ4v) is 6.44. The first-order chi connectivity index (χ1) is 17.2. The van der Waals surface area contributed by atoms with Crippen LogP contribution in [0, 0.1) is 33.6 Å². The van der Waals surface area contributed by atoms with E-state index in [0.717, 1.165) is 22.4 Å². The van der Waals surface area contributed by atoms with Crippen LogP contribution in [0.4, 0.5) is 0 Å². The highest BCUT2D eigenvalue weighted by Gasteiger charge is 2.35. The molecule has 2 aromatic heterocycles. The van der Waals surface area contributed by atoms with Crippen molar-refractivity contribution in [3.63, 3.8) is 0 Å². The second-order valence-corrected chi connectivity index (χ2v) is 11.2. The Hall–Kier alpha value is -3.30. The molecule has 1 amide bonds. The first-order valence-corrected chi connectivity index (χ1v) is 13.5. The van der Waals surface area contributed by atoms with Gasteiger partial charge < -0.3 is 9.84 Å². The van der Waals surface area contributed by atoms with Crippen LogP contribution >= 0.6 is 0 Å². The van der Waals surface area contributed by atoms with Crippen LogP contribution in [0.3, 0.4) is 0 Å². The third kappa shape index (κ3) is 5.57. The monoisotopic (exact) mass is 508 g/mol. The lowest BCUT2D eigenvalue weighted by molar-refractivity contribution is -0.126. The SMILES string of the molecule is Cc1cc(C)c(/C=C/c2onc(C)c2S(=O)(=O)N2CCC(C(=O)NCc3ccccn3)CC2)c(C)c1. The van der Waals surface area contributed by atoms with Crippen LogP contribution in [0.5, 0.6) is 0 Å². The molecular weight excluding hydrogens is 476 g/mol. The molecular formula is C27H32N4O4S. The van der Waals surface area contributed by atoms with E-state index in [1.165, 1.54) is 9.87 Å². The maximum Gasteiger partial charge on any atom is 0.248 e. The summed E-state index contributed by atoms with van der Waals surface area (Å²) in [6, 6.07) is 9.73. The molecule has 3 heterocycles. The van der Waals surface area contributed by atoms with E-state index >= 15 is 0 Å². The number of sulfonamides is 1. The third-order valence-electron chi connectivity index (χ3n) is 6.57. The van der Waals surface area contributed by atoms with Crippen LogP contribution in [0.25, 0.3) is 12.2 Å². The predicted octanol–water partition coefficient (Wildman–Crippen LogP) is 4.19. The average Bonchev–Trinajstić information content (AvgIpc) is 3.23. The molecule has 0 saturated carbocycles. The second kappa shape index (κ2) is 10.8. The zero-order valence-corrected chi connectivity index (χ0v) is 21.9. The van der Waals surface area contributed by atoms with Gasteiger partial charge in [0.15, 0.2) is 10.7 Å². The summed E-state index contributed by atoms with van der Waals surface area (Å²) in [5.74, 6) is -0.107. The fraction of sp³-hybridized carbons (Fsp3) is 0.370. The highest BCUT2D eigenvalue weighted by molar-refractivity contribution is 7.89. The number of pyridine rings is 1. The molecule has 1 aliphatic rings. The molecule has 0 spiro atoms. The van der Waals surface area contributed by atoms with Crippen molar-refractivity contribution in [2.45, 2.75) is 52.0 Å². The van der Waals surface area contributed by atoms with Gasteiger partial charge in [0.05, 0.1) is 12.2 Å². The Morgan fingerprint density at radius 1 is 1.11 bits per heavy atom. The summed E-state index contributed by atoms with van der Waals surface area (Å²) in [6.07, 6.45) is 6.13. The van der Waals surface area contributed by atoms with Crippen LogP contribution in [-0.4, -0.2) is 41.9 Å². The van der Waals surface area contributed by atoms with Crippen LogP contribution in [-0.2, 0) is 21.4 Å². The van der Waals surface area contributed by atoms with Gasteiger partial charge in [0.1, 0.15) is 5.69 Å². The molecule has 1 aromatic carbocycles. The zero-order valence-electron chi connectivity index (χ0n) is 21.1. The minimum atomic E-state index is -3.83. The number of nitrogens with one attached hydrogen (secondary N) is 1. The summed E-state index contributed by atoms with van der Waals surface area (Å²) in [5.41, 5.74) is 5.51. The number of carbonyl (C=O) groups excluding carboxylic acids is 1. The molecule has 3 aromatic rings. The smallest absolute Gasteiger partial charge is 0.248 e. The van der Waals surface area contributed by atoms with Crippen molar-refractivity contribution in [2.24, 2.45) is 5.92 Å². The zero-order chi connectivity index (χ0) is 25.9. The Morgan fingerprint density at radius 2 is 1.81 bits per heavy atom.